The average molecular weight is 178 g/mol. The molecule has 0 spiro atoms. The van der Waals surface area contributed by atoms with E-state index < -0.39 is 10.8 Å². The first-order chi connectivity index (χ1) is 6.20. The topological polar surface area (TPSA) is 86.3 Å². The van der Waals surface area contributed by atoms with Gasteiger partial charge in [0.25, 0.3) is 11.6 Å². The van der Waals surface area contributed by atoms with E-state index in [0.29, 0.717) is 0 Å². The number of carbonyl (C=O) groups excluding carboxylic acids is 1. The zero-order valence-corrected chi connectivity index (χ0v) is 6.35. The van der Waals surface area contributed by atoms with Gasteiger partial charge in [0.15, 0.2) is 0 Å². The molecule has 1 aromatic carbocycles. The van der Waals surface area contributed by atoms with E-state index in [9.17, 15) is 14.9 Å². The summed E-state index contributed by atoms with van der Waals surface area (Å²) in [5.74, 6) is -0.473. The minimum absolute atomic E-state index is 0.132. The molecule has 2 rings (SSSR count). The number of para-hydroxylation sites is 1. The number of amides is 1. The van der Waals surface area contributed by atoms with E-state index >= 15 is 0 Å². The smallest absolute Gasteiger partial charge is 0.267 e. The molecule has 1 radical (unpaired) electrons. The summed E-state index contributed by atoms with van der Waals surface area (Å²) < 4.78 is 0. The first-order valence-electron chi connectivity index (χ1n) is 3.48. The summed E-state index contributed by atoms with van der Waals surface area (Å²) >= 11 is 0. The van der Waals surface area contributed by atoms with Gasteiger partial charge in [0.1, 0.15) is 5.69 Å². The number of hydrogen-bond donors (Lipinski definition) is 1. The number of nitrogens with zero attached hydrogens (tertiary/aromatic N) is 2. The number of rotatable bonds is 1. The van der Waals surface area contributed by atoms with Gasteiger partial charge in [-0.25, -0.2) is 0 Å². The Balaban J connectivity index is 2.63. The molecule has 6 heteroatoms. The van der Waals surface area contributed by atoms with Crippen LogP contribution in [0.3, 0.4) is 0 Å². The van der Waals surface area contributed by atoms with Gasteiger partial charge in [-0.2, -0.15) is 0 Å². The molecule has 65 valence electrons. The number of fused-ring (bicyclic) bond motifs is 1. The van der Waals surface area contributed by atoms with Crippen LogP contribution in [-0.2, 0) is 0 Å². The molecule has 0 aliphatic carbocycles. The highest BCUT2D eigenvalue weighted by Crippen LogP contribution is 2.30. The second-order valence-electron chi connectivity index (χ2n) is 2.49. The Labute approximate surface area is 72.7 Å². The van der Waals surface area contributed by atoms with E-state index in [4.69, 9.17) is 0 Å². The van der Waals surface area contributed by atoms with Crippen molar-refractivity contribution < 1.29 is 9.72 Å². The van der Waals surface area contributed by atoms with Crippen LogP contribution < -0.4 is 10.9 Å². The molecule has 0 atom stereocenters. The predicted octanol–water partition coefficient (Wildman–Crippen LogP) is 0.680. The lowest BCUT2D eigenvalue weighted by Gasteiger charge is -1.96. The van der Waals surface area contributed by atoms with Crippen LogP contribution in [0, 0.1) is 10.1 Å². The van der Waals surface area contributed by atoms with Gasteiger partial charge in [0.05, 0.1) is 10.5 Å². The summed E-state index contributed by atoms with van der Waals surface area (Å²) in [7, 11) is 0. The highest BCUT2D eigenvalue weighted by molar-refractivity contribution is 6.05. The number of nitro benzene ring substituents is 1. The Kier molecular flexibility index (Phi) is 1.42. The summed E-state index contributed by atoms with van der Waals surface area (Å²) in [5.41, 5.74) is 5.98. The molecule has 1 aliphatic rings. The van der Waals surface area contributed by atoms with Gasteiger partial charge < -0.3 is 0 Å². The van der Waals surface area contributed by atoms with Crippen LogP contribution in [0.1, 0.15) is 10.4 Å². The van der Waals surface area contributed by atoms with Crippen molar-refractivity contribution in [3.05, 3.63) is 33.9 Å². The molecule has 0 saturated carbocycles. The second-order valence-corrected chi connectivity index (χ2v) is 2.49. The van der Waals surface area contributed by atoms with Crippen molar-refractivity contribution in [2.75, 3.05) is 5.43 Å². The molecule has 1 aliphatic heterocycles. The summed E-state index contributed by atoms with van der Waals surface area (Å²) in [6.07, 6.45) is 0. The van der Waals surface area contributed by atoms with E-state index in [-0.39, 0.29) is 16.9 Å². The second kappa shape index (κ2) is 2.44. The highest BCUT2D eigenvalue weighted by atomic mass is 16.6. The number of carbonyl (C=O) groups is 1. The fourth-order valence-electron chi connectivity index (χ4n) is 1.15. The molecule has 0 unspecified atom stereocenters. The lowest BCUT2D eigenvalue weighted by Crippen LogP contribution is -2.10. The molecule has 0 bridgehead atoms. The quantitative estimate of drug-likeness (QED) is 0.506. The SMILES string of the molecule is O=C1[N]Nc2c1cccc2[N+](=O)[O-]. The summed E-state index contributed by atoms with van der Waals surface area (Å²) in [6, 6.07) is 4.27. The third-order valence-corrected chi connectivity index (χ3v) is 1.74. The first kappa shape index (κ1) is 7.53. The van der Waals surface area contributed by atoms with Gasteiger partial charge in [0, 0.05) is 6.07 Å². The van der Waals surface area contributed by atoms with E-state index in [2.05, 4.69) is 10.9 Å². The van der Waals surface area contributed by atoms with Crippen molar-refractivity contribution in [1.29, 1.82) is 0 Å². The van der Waals surface area contributed by atoms with Gasteiger partial charge in [-0.05, 0) is 6.07 Å². The Bertz CT molecular complexity index is 402. The van der Waals surface area contributed by atoms with E-state index in [0.717, 1.165) is 0 Å². The van der Waals surface area contributed by atoms with Crippen LogP contribution >= 0.6 is 0 Å². The zero-order chi connectivity index (χ0) is 9.42. The van der Waals surface area contributed by atoms with Crippen LogP contribution in [0.4, 0.5) is 11.4 Å². The van der Waals surface area contributed by atoms with Crippen molar-refractivity contribution in [2.24, 2.45) is 0 Å². The maximum Gasteiger partial charge on any atom is 0.295 e. The molecule has 0 aromatic heterocycles. The maximum absolute atomic E-state index is 11.0. The van der Waals surface area contributed by atoms with E-state index in [1.165, 1.54) is 18.2 Å². The molecule has 6 nitrogen and oxygen atoms in total. The molecule has 1 N–H and O–H groups in total. The van der Waals surface area contributed by atoms with Crippen LogP contribution in [-0.4, -0.2) is 10.8 Å². The van der Waals surface area contributed by atoms with E-state index in [1.807, 2.05) is 0 Å². The third-order valence-electron chi connectivity index (χ3n) is 1.74. The van der Waals surface area contributed by atoms with Gasteiger partial charge in [-0.15, -0.1) is 5.43 Å². The van der Waals surface area contributed by atoms with Crippen LogP contribution in [0.5, 0.6) is 0 Å². The first-order valence-corrected chi connectivity index (χ1v) is 3.48. The number of benzene rings is 1. The molecular weight excluding hydrogens is 174 g/mol. The van der Waals surface area contributed by atoms with Crippen LogP contribution in [0.2, 0.25) is 0 Å². The maximum atomic E-state index is 11.0. The number of nitro groups is 1. The lowest BCUT2D eigenvalue weighted by molar-refractivity contribution is -0.383. The third kappa shape index (κ3) is 0.994. The Morgan fingerprint density at radius 2 is 2.23 bits per heavy atom. The normalized spacial score (nSPS) is 13.1. The summed E-state index contributed by atoms with van der Waals surface area (Å²) in [4.78, 5) is 20.9. The van der Waals surface area contributed by atoms with Gasteiger partial charge >= 0.3 is 0 Å². The summed E-state index contributed by atoms with van der Waals surface area (Å²) in [5, 5.41) is 10.5. The molecule has 0 saturated heterocycles. The van der Waals surface area contributed by atoms with Crippen molar-refractivity contribution in [1.82, 2.24) is 5.43 Å². The largest absolute Gasteiger partial charge is 0.295 e. The molecule has 13 heavy (non-hydrogen) atoms. The highest BCUT2D eigenvalue weighted by Gasteiger charge is 2.27. The monoisotopic (exact) mass is 178 g/mol. The molecular formula is C7H4N3O3. The van der Waals surface area contributed by atoms with Crippen molar-refractivity contribution in [3.63, 3.8) is 0 Å². The van der Waals surface area contributed by atoms with Gasteiger partial charge in [0.2, 0.25) is 0 Å². The standard InChI is InChI=1S/C7H4N3O3/c11-7-4-2-1-3-5(10(12)13)6(4)8-9-7/h1-3,8H. The molecule has 1 amide bonds. The fourth-order valence-corrected chi connectivity index (χ4v) is 1.15. The molecule has 0 fully saturated rings. The number of hydrogen-bond acceptors (Lipinski definition) is 4. The lowest BCUT2D eigenvalue weighted by atomic mass is 10.1. The van der Waals surface area contributed by atoms with Gasteiger partial charge in [-0.1, -0.05) is 6.07 Å². The molecule has 1 heterocycles. The minimum atomic E-state index is -0.556. The Morgan fingerprint density at radius 1 is 1.46 bits per heavy atom. The van der Waals surface area contributed by atoms with Crippen molar-refractivity contribution >= 4 is 17.3 Å². The predicted molar refractivity (Wildman–Crippen MR) is 43.2 cm³/mol. The molecule has 1 aromatic rings. The van der Waals surface area contributed by atoms with Crippen LogP contribution in [0.25, 0.3) is 0 Å². The minimum Gasteiger partial charge on any atom is -0.267 e. The van der Waals surface area contributed by atoms with Crippen molar-refractivity contribution in [2.45, 2.75) is 0 Å². The van der Waals surface area contributed by atoms with Gasteiger partial charge in [-0.3, -0.25) is 20.3 Å². The average Bonchev–Trinajstić information content (AvgIpc) is 2.48. The Morgan fingerprint density at radius 3 is 2.92 bits per heavy atom. The fraction of sp³-hybridized carbons (Fsp3) is 0. The van der Waals surface area contributed by atoms with Crippen molar-refractivity contribution in [3.8, 4) is 0 Å². The van der Waals surface area contributed by atoms with Crippen LogP contribution in [0.15, 0.2) is 18.2 Å². The Hall–Kier alpha value is -2.11. The zero-order valence-electron chi connectivity index (χ0n) is 6.35. The number of anilines is 1. The summed E-state index contributed by atoms with van der Waals surface area (Å²) in [6.45, 7) is 0. The van der Waals surface area contributed by atoms with E-state index in [1.54, 1.807) is 0 Å². The number of nitrogens with one attached hydrogen (secondary N) is 1.